The van der Waals surface area contributed by atoms with E-state index in [0.29, 0.717) is 37.7 Å². The first-order chi connectivity index (χ1) is 14.8. The van der Waals surface area contributed by atoms with E-state index in [-0.39, 0.29) is 30.6 Å². The number of benzene rings is 1. The van der Waals surface area contributed by atoms with E-state index in [2.05, 4.69) is 26.2 Å². The molecule has 11 heteroatoms. The Labute approximate surface area is 188 Å². The quantitative estimate of drug-likeness (QED) is 0.466. The van der Waals surface area contributed by atoms with Gasteiger partial charge in [0.05, 0.1) is 18.0 Å². The number of pyridine rings is 1. The Balaban J connectivity index is 1.47. The summed E-state index contributed by atoms with van der Waals surface area (Å²) in [6.45, 7) is 2.11. The van der Waals surface area contributed by atoms with Crippen LogP contribution in [0.25, 0.3) is 0 Å². The normalized spacial score (nSPS) is 13.9. The number of piperazine rings is 1. The Bertz CT molecular complexity index is 947. The van der Waals surface area contributed by atoms with Crippen LogP contribution in [-0.2, 0) is 9.59 Å². The van der Waals surface area contributed by atoms with Crippen molar-refractivity contribution < 1.29 is 14.5 Å². The van der Waals surface area contributed by atoms with Crippen LogP contribution in [-0.4, -0.2) is 77.8 Å². The van der Waals surface area contributed by atoms with Gasteiger partial charge in [-0.1, -0.05) is 12.1 Å². The molecular formula is C20H23BrN6O4. The fourth-order valence-electron chi connectivity index (χ4n) is 3.35. The third kappa shape index (κ3) is 6.22. The number of nitro benzene ring substituents is 1. The first-order valence-electron chi connectivity index (χ1n) is 9.69. The van der Waals surface area contributed by atoms with Crippen molar-refractivity contribution in [2.45, 2.75) is 0 Å². The van der Waals surface area contributed by atoms with Crippen LogP contribution in [0.5, 0.6) is 0 Å². The molecule has 2 amide bonds. The molecule has 0 bridgehead atoms. The number of rotatable bonds is 7. The van der Waals surface area contributed by atoms with Gasteiger partial charge in [-0.3, -0.25) is 24.6 Å². The van der Waals surface area contributed by atoms with Gasteiger partial charge < -0.3 is 15.1 Å². The van der Waals surface area contributed by atoms with Gasteiger partial charge in [-0.05, 0) is 41.2 Å². The van der Waals surface area contributed by atoms with Crippen molar-refractivity contribution in [1.82, 2.24) is 14.8 Å². The molecule has 1 N–H and O–H groups in total. The van der Waals surface area contributed by atoms with Gasteiger partial charge in [0.15, 0.2) is 0 Å². The summed E-state index contributed by atoms with van der Waals surface area (Å²) in [6, 6.07) is 10.1. The van der Waals surface area contributed by atoms with E-state index >= 15 is 0 Å². The zero-order valence-corrected chi connectivity index (χ0v) is 18.6. The van der Waals surface area contributed by atoms with Crippen LogP contribution in [0.1, 0.15) is 0 Å². The molecule has 1 aliphatic heterocycles. The molecule has 1 aromatic heterocycles. The third-order valence-corrected chi connectivity index (χ3v) is 5.33. The van der Waals surface area contributed by atoms with E-state index < -0.39 is 4.92 Å². The van der Waals surface area contributed by atoms with Crippen molar-refractivity contribution in [1.29, 1.82) is 0 Å². The first kappa shape index (κ1) is 22.6. The molecule has 31 heavy (non-hydrogen) atoms. The van der Waals surface area contributed by atoms with Crippen LogP contribution < -0.4 is 10.2 Å². The number of nitrogens with zero attached hydrogens (tertiary/aromatic N) is 5. The number of hydrogen-bond donors (Lipinski definition) is 1. The minimum atomic E-state index is -0.392. The standard InChI is InChI=1S/C20H23BrN6O4/c1-24(13-19(28)23-18-7-6-15(21)12-22-18)14-20(29)26-10-8-25(9-11-26)16-4-2-3-5-17(16)27(30)31/h2-7,12H,8-11,13-14H2,1H3,(H,22,23,28). The van der Waals surface area contributed by atoms with Crippen molar-refractivity contribution in [3.63, 3.8) is 0 Å². The number of anilines is 2. The molecule has 0 atom stereocenters. The molecule has 0 aliphatic carbocycles. The van der Waals surface area contributed by atoms with Crippen molar-refractivity contribution in [3.05, 3.63) is 57.2 Å². The maximum Gasteiger partial charge on any atom is 0.292 e. The largest absolute Gasteiger partial charge is 0.362 e. The second-order valence-electron chi connectivity index (χ2n) is 7.20. The second kappa shape index (κ2) is 10.3. The fourth-order valence-corrected chi connectivity index (χ4v) is 3.58. The number of aromatic nitrogens is 1. The molecule has 2 aromatic rings. The number of carbonyl (C=O) groups is 2. The maximum atomic E-state index is 12.6. The molecule has 1 fully saturated rings. The SMILES string of the molecule is CN(CC(=O)Nc1ccc(Br)cn1)CC(=O)N1CCN(c2ccccc2[N+](=O)[O-])CC1. The van der Waals surface area contributed by atoms with Crippen molar-refractivity contribution in [2.24, 2.45) is 0 Å². The molecule has 1 saturated heterocycles. The van der Waals surface area contributed by atoms with E-state index in [4.69, 9.17) is 0 Å². The molecule has 0 saturated carbocycles. The van der Waals surface area contributed by atoms with Crippen LogP contribution >= 0.6 is 15.9 Å². The van der Waals surface area contributed by atoms with Gasteiger partial charge in [0.25, 0.3) is 5.69 Å². The van der Waals surface area contributed by atoms with Crippen LogP contribution in [0, 0.1) is 10.1 Å². The Morgan fingerprint density at radius 3 is 2.52 bits per heavy atom. The Morgan fingerprint density at radius 2 is 1.87 bits per heavy atom. The lowest BCUT2D eigenvalue weighted by Crippen LogP contribution is -2.51. The van der Waals surface area contributed by atoms with Crippen molar-refractivity contribution in [2.75, 3.05) is 56.5 Å². The lowest BCUT2D eigenvalue weighted by Gasteiger charge is -2.36. The maximum absolute atomic E-state index is 12.6. The highest BCUT2D eigenvalue weighted by Crippen LogP contribution is 2.28. The van der Waals surface area contributed by atoms with Gasteiger partial charge in [-0.2, -0.15) is 0 Å². The molecular weight excluding hydrogens is 468 g/mol. The average Bonchev–Trinajstić information content (AvgIpc) is 2.75. The highest BCUT2D eigenvalue weighted by atomic mass is 79.9. The monoisotopic (exact) mass is 490 g/mol. The minimum Gasteiger partial charge on any atom is -0.362 e. The summed E-state index contributed by atoms with van der Waals surface area (Å²) in [5.74, 6) is 0.102. The summed E-state index contributed by atoms with van der Waals surface area (Å²) < 4.78 is 0.815. The summed E-state index contributed by atoms with van der Waals surface area (Å²) in [7, 11) is 1.70. The van der Waals surface area contributed by atoms with Gasteiger partial charge in [0.1, 0.15) is 11.5 Å². The zero-order chi connectivity index (χ0) is 22.4. The predicted molar refractivity (Wildman–Crippen MR) is 120 cm³/mol. The number of nitrogens with one attached hydrogen (secondary N) is 1. The van der Waals surface area contributed by atoms with Crippen LogP contribution in [0.15, 0.2) is 47.1 Å². The molecule has 10 nitrogen and oxygen atoms in total. The number of nitro groups is 1. The van der Waals surface area contributed by atoms with E-state index in [1.54, 1.807) is 53.4 Å². The zero-order valence-electron chi connectivity index (χ0n) is 17.0. The molecule has 1 aliphatic rings. The summed E-state index contributed by atoms with van der Waals surface area (Å²) in [4.78, 5) is 45.0. The molecule has 0 spiro atoms. The number of hydrogen-bond acceptors (Lipinski definition) is 7. The van der Waals surface area contributed by atoms with Gasteiger partial charge in [0, 0.05) is 42.9 Å². The van der Waals surface area contributed by atoms with E-state index in [1.165, 1.54) is 6.07 Å². The van der Waals surface area contributed by atoms with Gasteiger partial charge in [-0.25, -0.2) is 4.98 Å². The van der Waals surface area contributed by atoms with E-state index in [9.17, 15) is 19.7 Å². The number of carbonyl (C=O) groups excluding carboxylic acids is 2. The summed E-state index contributed by atoms with van der Waals surface area (Å²) >= 11 is 3.29. The van der Waals surface area contributed by atoms with Gasteiger partial charge in [-0.15, -0.1) is 0 Å². The van der Waals surface area contributed by atoms with Gasteiger partial charge in [0.2, 0.25) is 11.8 Å². The topological polar surface area (TPSA) is 112 Å². The van der Waals surface area contributed by atoms with Crippen LogP contribution in [0.2, 0.25) is 0 Å². The predicted octanol–water partition coefficient (Wildman–Crippen LogP) is 1.97. The molecule has 0 unspecified atom stereocenters. The number of likely N-dealkylation sites (N-methyl/N-ethyl adjacent to an activating group) is 1. The highest BCUT2D eigenvalue weighted by Gasteiger charge is 2.26. The van der Waals surface area contributed by atoms with Crippen LogP contribution in [0.3, 0.4) is 0 Å². The summed E-state index contributed by atoms with van der Waals surface area (Å²) in [6.07, 6.45) is 1.59. The van der Waals surface area contributed by atoms with Gasteiger partial charge >= 0.3 is 0 Å². The molecule has 164 valence electrons. The molecule has 2 heterocycles. The lowest BCUT2D eigenvalue weighted by molar-refractivity contribution is -0.384. The molecule has 0 radical (unpaired) electrons. The minimum absolute atomic E-state index is 0.0552. The lowest BCUT2D eigenvalue weighted by atomic mass is 10.2. The smallest absolute Gasteiger partial charge is 0.292 e. The van der Waals surface area contributed by atoms with Crippen LogP contribution in [0.4, 0.5) is 17.2 Å². The highest BCUT2D eigenvalue weighted by molar-refractivity contribution is 9.10. The second-order valence-corrected chi connectivity index (χ2v) is 8.11. The first-order valence-corrected chi connectivity index (χ1v) is 10.5. The number of para-hydroxylation sites is 2. The van der Waals surface area contributed by atoms with E-state index in [1.807, 2.05) is 4.90 Å². The summed E-state index contributed by atoms with van der Waals surface area (Å²) in [5, 5.41) is 13.9. The van der Waals surface area contributed by atoms with E-state index in [0.717, 1.165) is 4.47 Å². The molecule has 1 aromatic carbocycles. The Kier molecular flexibility index (Phi) is 7.53. The van der Waals surface area contributed by atoms with Crippen molar-refractivity contribution >= 4 is 44.9 Å². The Morgan fingerprint density at radius 1 is 1.16 bits per heavy atom. The summed E-state index contributed by atoms with van der Waals surface area (Å²) in [5.41, 5.74) is 0.628. The molecule has 3 rings (SSSR count). The third-order valence-electron chi connectivity index (χ3n) is 4.87. The van der Waals surface area contributed by atoms with Crippen molar-refractivity contribution in [3.8, 4) is 0 Å². The Hall–Kier alpha value is -3.05. The number of amides is 2. The fraction of sp³-hybridized carbons (Fsp3) is 0.350. The number of halogens is 1. The average molecular weight is 491 g/mol.